The molecule has 30 heavy (non-hydrogen) atoms. The Labute approximate surface area is 171 Å². The summed E-state index contributed by atoms with van der Waals surface area (Å²) in [6.45, 7) is 0. The Hall–Kier alpha value is -4.33. The Bertz CT molecular complexity index is 1230. The van der Waals surface area contributed by atoms with Crippen molar-refractivity contribution in [3.63, 3.8) is 0 Å². The smallest absolute Gasteiger partial charge is 0.439 e. The van der Waals surface area contributed by atoms with Gasteiger partial charge in [0.1, 0.15) is 5.75 Å². The maximum Gasteiger partial charge on any atom is 0.439 e. The zero-order valence-electron chi connectivity index (χ0n) is 16.0. The Kier molecular flexibility index (Phi) is 5.29. The standard InChI is InChI=1S/C22H18N4O4/c1-29-17-11-9-15(10-12-17)23-19-8-3-2-7-18(19)21(27)24-16-6-4-5-14(13-16)20-25-22(28)30-26-20/h2-13,23H,1H3,(H,24,27)(H,25,26,28). The molecule has 0 atom stereocenters. The van der Waals surface area contributed by atoms with Crippen LogP contribution in [0.1, 0.15) is 10.4 Å². The van der Waals surface area contributed by atoms with Crippen LogP contribution in [-0.4, -0.2) is 23.2 Å². The van der Waals surface area contributed by atoms with Gasteiger partial charge in [-0.3, -0.25) is 14.3 Å². The Morgan fingerprint density at radius 2 is 1.80 bits per heavy atom. The third kappa shape index (κ3) is 4.22. The number of carbonyl (C=O) groups is 1. The molecule has 0 bridgehead atoms. The summed E-state index contributed by atoms with van der Waals surface area (Å²) in [6.07, 6.45) is 0. The Morgan fingerprint density at radius 3 is 2.53 bits per heavy atom. The van der Waals surface area contributed by atoms with Gasteiger partial charge in [-0.25, -0.2) is 4.79 Å². The van der Waals surface area contributed by atoms with Crippen LogP contribution in [0.25, 0.3) is 11.4 Å². The monoisotopic (exact) mass is 402 g/mol. The van der Waals surface area contributed by atoms with Crippen LogP contribution in [0.15, 0.2) is 82.1 Å². The first kappa shape index (κ1) is 19.0. The second-order valence-corrected chi connectivity index (χ2v) is 6.38. The highest BCUT2D eigenvalue weighted by molar-refractivity contribution is 6.08. The Morgan fingerprint density at radius 1 is 1.00 bits per heavy atom. The van der Waals surface area contributed by atoms with Crippen molar-refractivity contribution in [3.05, 3.63) is 88.9 Å². The molecule has 8 nitrogen and oxygen atoms in total. The molecule has 3 aromatic carbocycles. The quantitative estimate of drug-likeness (QED) is 0.449. The van der Waals surface area contributed by atoms with Crippen molar-refractivity contribution < 1.29 is 14.1 Å². The number of ether oxygens (including phenoxy) is 1. The number of nitrogens with one attached hydrogen (secondary N) is 3. The van der Waals surface area contributed by atoms with E-state index >= 15 is 0 Å². The van der Waals surface area contributed by atoms with Gasteiger partial charge in [-0.15, -0.1) is 0 Å². The summed E-state index contributed by atoms with van der Waals surface area (Å²) >= 11 is 0. The number of benzene rings is 3. The van der Waals surface area contributed by atoms with Gasteiger partial charge < -0.3 is 15.4 Å². The zero-order valence-corrected chi connectivity index (χ0v) is 16.0. The van der Waals surface area contributed by atoms with Crippen molar-refractivity contribution in [1.82, 2.24) is 10.1 Å². The van der Waals surface area contributed by atoms with Crippen molar-refractivity contribution in [2.24, 2.45) is 0 Å². The van der Waals surface area contributed by atoms with E-state index in [1.807, 2.05) is 36.4 Å². The fourth-order valence-corrected chi connectivity index (χ4v) is 2.92. The molecule has 0 fully saturated rings. The van der Waals surface area contributed by atoms with Gasteiger partial charge in [0.25, 0.3) is 5.91 Å². The van der Waals surface area contributed by atoms with E-state index in [0.29, 0.717) is 22.5 Å². The fraction of sp³-hybridized carbons (Fsp3) is 0.0455. The highest BCUT2D eigenvalue weighted by Crippen LogP contribution is 2.24. The highest BCUT2D eigenvalue weighted by Gasteiger charge is 2.13. The largest absolute Gasteiger partial charge is 0.497 e. The van der Waals surface area contributed by atoms with Crippen LogP contribution >= 0.6 is 0 Å². The minimum atomic E-state index is -0.641. The van der Waals surface area contributed by atoms with E-state index < -0.39 is 5.76 Å². The molecule has 3 N–H and O–H groups in total. The average molecular weight is 402 g/mol. The van der Waals surface area contributed by atoms with Gasteiger partial charge in [0.2, 0.25) is 0 Å². The van der Waals surface area contributed by atoms with E-state index in [9.17, 15) is 9.59 Å². The van der Waals surface area contributed by atoms with Crippen molar-refractivity contribution in [2.45, 2.75) is 0 Å². The number of hydrogen-bond acceptors (Lipinski definition) is 6. The molecule has 8 heteroatoms. The second-order valence-electron chi connectivity index (χ2n) is 6.38. The summed E-state index contributed by atoms with van der Waals surface area (Å²) < 4.78 is 9.70. The summed E-state index contributed by atoms with van der Waals surface area (Å²) in [4.78, 5) is 26.6. The van der Waals surface area contributed by atoms with E-state index in [1.54, 1.807) is 43.5 Å². The molecule has 150 valence electrons. The van der Waals surface area contributed by atoms with Crippen LogP contribution < -0.4 is 21.1 Å². The van der Waals surface area contributed by atoms with Gasteiger partial charge in [-0.05, 0) is 48.5 Å². The number of anilines is 3. The maximum atomic E-state index is 12.9. The van der Waals surface area contributed by atoms with E-state index in [2.05, 4.69) is 25.3 Å². The van der Waals surface area contributed by atoms with Crippen LogP contribution in [0.2, 0.25) is 0 Å². The number of aromatic amines is 1. The predicted octanol–water partition coefficient (Wildman–Crippen LogP) is 4.03. The van der Waals surface area contributed by atoms with E-state index in [4.69, 9.17) is 4.74 Å². The lowest BCUT2D eigenvalue weighted by Gasteiger charge is -2.13. The number of carbonyl (C=O) groups excluding carboxylic acids is 1. The van der Waals surface area contributed by atoms with Crippen LogP contribution in [0.4, 0.5) is 17.1 Å². The third-order valence-corrected chi connectivity index (χ3v) is 4.37. The number of para-hydroxylation sites is 1. The summed E-state index contributed by atoms with van der Waals surface area (Å²) in [5.74, 6) is 0.118. The number of aromatic nitrogens is 2. The molecule has 0 aliphatic carbocycles. The van der Waals surface area contributed by atoms with E-state index in [0.717, 1.165) is 11.4 Å². The lowest BCUT2D eigenvalue weighted by atomic mass is 10.1. The molecular formula is C22H18N4O4. The first-order chi connectivity index (χ1) is 14.6. The van der Waals surface area contributed by atoms with Crippen molar-refractivity contribution in [3.8, 4) is 17.1 Å². The van der Waals surface area contributed by atoms with Gasteiger partial charge in [-0.2, -0.15) is 0 Å². The van der Waals surface area contributed by atoms with Gasteiger partial charge in [-0.1, -0.05) is 29.4 Å². The van der Waals surface area contributed by atoms with E-state index in [-0.39, 0.29) is 11.7 Å². The van der Waals surface area contributed by atoms with Crippen LogP contribution in [0, 0.1) is 0 Å². The third-order valence-electron chi connectivity index (χ3n) is 4.37. The number of hydrogen-bond donors (Lipinski definition) is 3. The highest BCUT2D eigenvalue weighted by atomic mass is 16.5. The molecule has 0 saturated carbocycles. The SMILES string of the molecule is COc1ccc(Nc2ccccc2C(=O)Nc2cccc(-c3noc(=O)[nH]3)c2)cc1. The van der Waals surface area contributed by atoms with Gasteiger partial charge in [0, 0.05) is 16.9 Å². The van der Waals surface area contributed by atoms with Crippen molar-refractivity contribution >= 4 is 23.0 Å². The minimum absolute atomic E-state index is 0.280. The van der Waals surface area contributed by atoms with Crippen LogP contribution in [0.3, 0.4) is 0 Å². The molecule has 0 unspecified atom stereocenters. The number of H-pyrrole nitrogens is 1. The molecule has 4 rings (SSSR count). The van der Waals surface area contributed by atoms with Crippen molar-refractivity contribution in [2.75, 3.05) is 17.7 Å². The number of rotatable bonds is 6. The first-order valence-electron chi connectivity index (χ1n) is 9.10. The van der Waals surface area contributed by atoms with Crippen molar-refractivity contribution in [1.29, 1.82) is 0 Å². The molecule has 0 spiro atoms. The lowest BCUT2D eigenvalue weighted by Crippen LogP contribution is -2.14. The fourth-order valence-electron chi connectivity index (χ4n) is 2.92. The normalized spacial score (nSPS) is 10.4. The number of amides is 1. The molecule has 1 aromatic heterocycles. The molecule has 0 saturated heterocycles. The van der Waals surface area contributed by atoms with Crippen LogP contribution in [-0.2, 0) is 0 Å². The van der Waals surface area contributed by atoms with Gasteiger partial charge in [0.05, 0.1) is 18.4 Å². The summed E-state index contributed by atoms with van der Waals surface area (Å²) in [5, 5.41) is 9.79. The first-order valence-corrected chi connectivity index (χ1v) is 9.10. The maximum absolute atomic E-state index is 12.9. The molecule has 4 aromatic rings. The van der Waals surface area contributed by atoms with Gasteiger partial charge in [0.15, 0.2) is 5.82 Å². The van der Waals surface area contributed by atoms with Crippen LogP contribution in [0.5, 0.6) is 5.75 Å². The second kappa shape index (κ2) is 8.36. The molecule has 0 radical (unpaired) electrons. The summed E-state index contributed by atoms with van der Waals surface area (Å²) in [7, 11) is 1.61. The molecule has 1 heterocycles. The average Bonchev–Trinajstić information content (AvgIpc) is 3.21. The molecule has 0 aliphatic heterocycles. The number of nitrogens with zero attached hydrogens (tertiary/aromatic N) is 1. The van der Waals surface area contributed by atoms with Gasteiger partial charge >= 0.3 is 5.76 Å². The Balaban J connectivity index is 1.55. The predicted molar refractivity (Wildman–Crippen MR) is 113 cm³/mol. The lowest BCUT2D eigenvalue weighted by molar-refractivity contribution is 0.102. The molecule has 0 aliphatic rings. The van der Waals surface area contributed by atoms with E-state index in [1.165, 1.54) is 0 Å². The topological polar surface area (TPSA) is 109 Å². The summed E-state index contributed by atoms with van der Waals surface area (Å²) in [6, 6.07) is 21.6. The minimum Gasteiger partial charge on any atom is -0.497 e. The number of methoxy groups -OCH3 is 1. The molecule has 1 amide bonds. The molecular weight excluding hydrogens is 384 g/mol. The summed E-state index contributed by atoms with van der Waals surface area (Å²) in [5.41, 5.74) is 3.14. The zero-order chi connectivity index (χ0) is 20.9.